The number of aryl methyl sites for hydroxylation is 2. The molecule has 0 bridgehead atoms. The third-order valence-corrected chi connectivity index (χ3v) is 4.23. The Morgan fingerprint density at radius 3 is 2.30 bits per heavy atom. The van der Waals surface area contributed by atoms with Crippen molar-refractivity contribution in [3.05, 3.63) is 77.4 Å². The molecule has 0 radical (unpaired) electrons. The van der Waals surface area contributed by atoms with Gasteiger partial charge in [-0.3, -0.25) is 4.79 Å². The van der Waals surface area contributed by atoms with E-state index in [1.165, 1.54) is 47.7 Å². The van der Waals surface area contributed by atoms with Crippen molar-refractivity contribution in [3.63, 3.8) is 0 Å². The molecule has 27 heavy (non-hydrogen) atoms. The number of halogens is 1. The third kappa shape index (κ3) is 4.47. The molecule has 0 aliphatic heterocycles. The van der Waals surface area contributed by atoms with Gasteiger partial charge >= 0.3 is 0 Å². The van der Waals surface area contributed by atoms with Crippen molar-refractivity contribution in [1.29, 1.82) is 0 Å². The summed E-state index contributed by atoms with van der Waals surface area (Å²) >= 11 is 0. The Morgan fingerprint density at radius 2 is 1.67 bits per heavy atom. The van der Waals surface area contributed by atoms with Gasteiger partial charge in [0.25, 0.3) is 5.91 Å². The Balaban J connectivity index is 1.82. The summed E-state index contributed by atoms with van der Waals surface area (Å²) < 4.78 is 13.0. The van der Waals surface area contributed by atoms with Gasteiger partial charge in [0.2, 0.25) is 5.95 Å². The number of carbonyl (C=O) groups is 1. The number of hydrogen-bond donors (Lipinski definition) is 2. The lowest BCUT2D eigenvalue weighted by Crippen LogP contribution is -2.15. The highest BCUT2D eigenvalue weighted by Crippen LogP contribution is 2.25. The molecular weight excluding hydrogens is 343 g/mol. The van der Waals surface area contributed by atoms with Gasteiger partial charge in [-0.25, -0.2) is 14.4 Å². The van der Waals surface area contributed by atoms with Crippen LogP contribution < -0.4 is 10.6 Å². The molecule has 0 fully saturated rings. The van der Waals surface area contributed by atoms with Crippen LogP contribution in [0.2, 0.25) is 0 Å². The van der Waals surface area contributed by atoms with Gasteiger partial charge in [-0.1, -0.05) is 32.0 Å². The molecule has 3 rings (SSSR count). The zero-order valence-corrected chi connectivity index (χ0v) is 15.3. The summed E-state index contributed by atoms with van der Waals surface area (Å²) in [5.41, 5.74) is 4.04. The molecule has 2 aromatic carbocycles. The third-order valence-electron chi connectivity index (χ3n) is 4.23. The number of carbonyl (C=O) groups excluding carboxylic acids is 1. The molecule has 1 heterocycles. The largest absolute Gasteiger partial charge is 0.324 e. The van der Waals surface area contributed by atoms with Gasteiger partial charge in [-0.15, -0.1) is 0 Å². The number of nitrogens with zero attached hydrogens (tertiary/aromatic N) is 2. The molecule has 0 aliphatic rings. The van der Waals surface area contributed by atoms with Crippen LogP contribution in [0.4, 0.5) is 21.7 Å². The fourth-order valence-corrected chi connectivity index (χ4v) is 2.79. The second-order valence-corrected chi connectivity index (χ2v) is 6.01. The van der Waals surface area contributed by atoms with Crippen LogP contribution in [-0.4, -0.2) is 15.9 Å². The number of nitrogens with one attached hydrogen (secondary N) is 2. The van der Waals surface area contributed by atoms with E-state index in [1.54, 1.807) is 0 Å². The summed E-state index contributed by atoms with van der Waals surface area (Å²) in [4.78, 5) is 21.0. The average molecular weight is 364 g/mol. The zero-order chi connectivity index (χ0) is 19.2. The normalized spacial score (nSPS) is 10.5. The van der Waals surface area contributed by atoms with E-state index in [0.29, 0.717) is 11.6 Å². The molecule has 6 heteroatoms. The molecule has 0 aliphatic carbocycles. The van der Waals surface area contributed by atoms with E-state index >= 15 is 0 Å². The van der Waals surface area contributed by atoms with E-state index in [4.69, 9.17) is 0 Å². The Morgan fingerprint density at radius 1 is 1.00 bits per heavy atom. The van der Waals surface area contributed by atoms with E-state index < -0.39 is 0 Å². The van der Waals surface area contributed by atoms with Gasteiger partial charge in [0.05, 0.1) is 0 Å². The predicted molar refractivity (Wildman–Crippen MR) is 105 cm³/mol. The molecule has 1 aromatic heterocycles. The number of benzene rings is 2. The minimum Gasteiger partial charge on any atom is -0.324 e. The highest BCUT2D eigenvalue weighted by atomic mass is 19.1. The smallest absolute Gasteiger partial charge is 0.274 e. The standard InChI is InChI=1S/C21H21FN4O/c1-3-14-6-5-7-15(4-2)19(14)26-21-23-13-12-18(25-21)20(27)24-17-10-8-16(22)9-11-17/h5-13H,3-4H2,1-2H3,(H,24,27)(H,23,25,26). The molecule has 1 amide bonds. The maximum Gasteiger partial charge on any atom is 0.274 e. The number of para-hydroxylation sites is 1. The van der Waals surface area contributed by atoms with Crippen molar-refractivity contribution < 1.29 is 9.18 Å². The lowest BCUT2D eigenvalue weighted by Gasteiger charge is -2.14. The molecule has 2 N–H and O–H groups in total. The van der Waals surface area contributed by atoms with Gasteiger partial charge in [-0.2, -0.15) is 0 Å². The molecule has 0 spiro atoms. The van der Waals surface area contributed by atoms with Crippen molar-refractivity contribution in [1.82, 2.24) is 9.97 Å². The van der Waals surface area contributed by atoms with Gasteiger partial charge in [0, 0.05) is 17.6 Å². The second kappa shape index (κ2) is 8.40. The number of rotatable bonds is 6. The fraction of sp³-hybridized carbons (Fsp3) is 0.190. The van der Waals surface area contributed by atoms with Crippen LogP contribution in [0, 0.1) is 5.82 Å². The van der Waals surface area contributed by atoms with E-state index in [-0.39, 0.29) is 17.4 Å². The van der Waals surface area contributed by atoms with Crippen LogP contribution in [-0.2, 0) is 12.8 Å². The zero-order valence-electron chi connectivity index (χ0n) is 15.3. The van der Waals surface area contributed by atoms with Crippen LogP contribution in [0.3, 0.4) is 0 Å². The molecule has 3 aromatic rings. The van der Waals surface area contributed by atoms with E-state index in [1.807, 2.05) is 6.07 Å². The van der Waals surface area contributed by atoms with Crippen LogP contribution >= 0.6 is 0 Å². The molecule has 0 saturated carbocycles. The number of amides is 1. The van der Waals surface area contributed by atoms with E-state index in [0.717, 1.165) is 18.5 Å². The van der Waals surface area contributed by atoms with Gasteiger partial charge in [0.1, 0.15) is 11.5 Å². The SMILES string of the molecule is CCc1cccc(CC)c1Nc1nccc(C(=O)Nc2ccc(F)cc2)n1. The quantitative estimate of drug-likeness (QED) is 0.663. The lowest BCUT2D eigenvalue weighted by molar-refractivity contribution is 0.102. The summed E-state index contributed by atoms with van der Waals surface area (Å²) in [6.45, 7) is 4.18. The summed E-state index contributed by atoms with van der Waals surface area (Å²) in [6.07, 6.45) is 3.29. The average Bonchev–Trinajstić information content (AvgIpc) is 2.70. The highest BCUT2D eigenvalue weighted by Gasteiger charge is 2.12. The Bertz CT molecular complexity index is 919. The topological polar surface area (TPSA) is 66.9 Å². The summed E-state index contributed by atoms with van der Waals surface area (Å²) in [6, 6.07) is 13.3. The van der Waals surface area contributed by atoms with Crippen LogP contribution in [0.25, 0.3) is 0 Å². The van der Waals surface area contributed by atoms with Crippen molar-refractivity contribution in [3.8, 4) is 0 Å². The molecular formula is C21H21FN4O. The monoisotopic (exact) mass is 364 g/mol. The number of hydrogen-bond acceptors (Lipinski definition) is 4. The Labute approximate surface area is 157 Å². The first kappa shape index (κ1) is 18.5. The minimum absolute atomic E-state index is 0.226. The maximum atomic E-state index is 13.0. The molecule has 138 valence electrons. The maximum absolute atomic E-state index is 13.0. The van der Waals surface area contributed by atoms with Gasteiger partial charge in [-0.05, 0) is 54.3 Å². The van der Waals surface area contributed by atoms with E-state index in [9.17, 15) is 9.18 Å². The van der Waals surface area contributed by atoms with Crippen molar-refractivity contribution in [2.45, 2.75) is 26.7 Å². The molecule has 5 nitrogen and oxygen atoms in total. The lowest BCUT2D eigenvalue weighted by atomic mass is 10.0. The predicted octanol–water partition coefficient (Wildman–Crippen LogP) is 4.74. The van der Waals surface area contributed by atoms with Crippen LogP contribution in [0.5, 0.6) is 0 Å². The molecule has 0 saturated heterocycles. The van der Waals surface area contributed by atoms with Gasteiger partial charge in [0.15, 0.2) is 0 Å². The fourth-order valence-electron chi connectivity index (χ4n) is 2.79. The Hall–Kier alpha value is -3.28. The minimum atomic E-state index is -0.383. The Kier molecular flexibility index (Phi) is 5.76. The van der Waals surface area contributed by atoms with Crippen molar-refractivity contribution in [2.75, 3.05) is 10.6 Å². The van der Waals surface area contributed by atoms with Crippen LogP contribution in [0.1, 0.15) is 35.5 Å². The summed E-state index contributed by atoms with van der Waals surface area (Å²) in [7, 11) is 0. The first-order chi connectivity index (χ1) is 13.1. The second-order valence-electron chi connectivity index (χ2n) is 6.01. The summed E-state index contributed by atoms with van der Waals surface area (Å²) in [5.74, 6) is -0.383. The highest BCUT2D eigenvalue weighted by molar-refractivity contribution is 6.03. The number of aromatic nitrogens is 2. The van der Waals surface area contributed by atoms with E-state index in [2.05, 4.69) is 46.6 Å². The van der Waals surface area contributed by atoms with Gasteiger partial charge < -0.3 is 10.6 Å². The first-order valence-corrected chi connectivity index (χ1v) is 8.88. The van der Waals surface area contributed by atoms with Crippen LogP contribution in [0.15, 0.2) is 54.7 Å². The van der Waals surface area contributed by atoms with Crippen molar-refractivity contribution >= 4 is 23.2 Å². The summed E-state index contributed by atoms with van der Waals surface area (Å²) in [5, 5.41) is 5.96. The molecule has 0 atom stereocenters. The first-order valence-electron chi connectivity index (χ1n) is 8.88. The molecule has 0 unspecified atom stereocenters. The number of anilines is 3. The van der Waals surface area contributed by atoms with Crippen molar-refractivity contribution in [2.24, 2.45) is 0 Å².